The summed E-state index contributed by atoms with van der Waals surface area (Å²) in [6.45, 7) is 8.24. The minimum Gasteiger partial charge on any atom is -0.336 e. The first-order chi connectivity index (χ1) is 7.59. The fraction of sp³-hybridized carbons (Fsp3) is 0.636. The predicted molar refractivity (Wildman–Crippen MR) is 61.4 cm³/mol. The van der Waals surface area contributed by atoms with Crippen molar-refractivity contribution < 1.29 is 4.79 Å². The molecule has 1 aromatic rings. The molecule has 1 amide bonds. The van der Waals surface area contributed by atoms with Crippen molar-refractivity contribution in [3.05, 3.63) is 17.0 Å². The standard InChI is InChI=1S/C11H18N4O/c1-7-6-15(5-4-12-7)11(16)10-8(2)13-14-9(10)3/h7,12H,4-6H2,1-3H3,(H,13,14)/t7-/m1/s1. The molecule has 0 spiro atoms. The first-order valence-electron chi connectivity index (χ1n) is 5.64. The van der Waals surface area contributed by atoms with Crippen LogP contribution < -0.4 is 5.32 Å². The number of piperazine rings is 1. The Morgan fingerprint density at radius 2 is 2.25 bits per heavy atom. The van der Waals surface area contributed by atoms with E-state index >= 15 is 0 Å². The lowest BCUT2D eigenvalue weighted by Gasteiger charge is -2.32. The normalized spacial score (nSPS) is 21.2. The van der Waals surface area contributed by atoms with E-state index in [1.54, 1.807) is 0 Å². The number of carbonyl (C=O) groups is 1. The van der Waals surface area contributed by atoms with Crippen LogP contribution in [0.4, 0.5) is 0 Å². The summed E-state index contributed by atoms with van der Waals surface area (Å²) in [5.41, 5.74) is 2.37. The minimum absolute atomic E-state index is 0.0945. The molecule has 2 rings (SSSR count). The smallest absolute Gasteiger partial charge is 0.257 e. The molecule has 2 N–H and O–H groups in total. The lowest BCUT2D eigenvalue weighted by molar-refractivity contribution is 0.0707. The minimum atomic E-state index is 0.0945. The molecule has 1 aliphatic heterocycles. The lowest BCUT2D eigenvalue weighted by Crippen LogP contribution is -2.51. The Labute approximate surface area is 95.2 Å². The van der Waals surface area contributed by atoms with Crippen molar-refractivity contribution in [3.8, 4) is 0 Å². The van der Waals surface area contributed by atoms with Crippen LogP contribution in [0.25, 0.3) is 0 Å². The van der Waals surface area contributed by atoms with Gasteiger partial charge in [-0.1, -0.05) is 0 Å². The summed E-state index contributed by atoms with van der Waals surface area (Å²) in [4.78, 5) is 14.2. The van der Waals surface area contributed by atoms with Gasteiger partial charge in [0.05, 0.1) is 11.3 Å². The largest absolute Gasteiger partial charge is 0.336 e. The van der Waals surface area contributed by atoms with Crippen LogP contribution in [0.2, 0.25) is 0 Å². The number of aromatic nitrogens is 2. The SMILES string of the molecule is Cc1n[nH]c(C)c1C(=O)N1CCN[C@H](C)C1. The van der Waals surface area contributed by atoms with E-state index in [9.17, 15) is 4.79 Å². The Morgan fingerprint density at radius 3 is 2.81 bits per heavy atom. The highest BCUT2D eigenvalue weighted by molar-refractivity contribution is 5.96. The molecule has 1 fully saturated rings. The molecule has 1 aliphatic rings. The molecule has 0 unspecified atom stereocenters. The van der Waals surface area contributed by atoms with Crippen LogP contribution in [0.5, 0.6) is 0 Å². The van der Waals surface area contributed by atoms with Gasteiger partial charge in [-0.15, -0.1) is 0 Å². The van der Waals surface area contributed by atoms with E-state index in [2.05, 4.69) is 22.4 Å². The second-order valence-electron chi connectivity index (χ2n) is 4.42. The zero-order chi connectivity index (χ0) is 11.7. The molecule has 0 bridgehead atoms. The van der Waals surface area contributed by atoms with Crippen LogP contribution in [0, 0.1) is 13.8 Å². The molecule has 5 heteroatoms. The Bertz CT molecular complexity index is 379. The van der Waals surface area contributed by atoms with E-state index in [0.29, 0.717) is 6.04 Å². The van der Waals surface area contributed by atoms with Crippen LogP contribution >= 0.6 is 0 Å². The van der Waals surface area contributed by atoms with Gasteiger partial charge in [0.2, 0.25) is 0 Å². The molecule has 88 valence electrons. The van der Waals surface area contributed by atoms with Crippen molar-refractivity contribution in [1.82, 2.24) is 20.4 Å². The molecule has 0 radical (unpaired) electrons. The average Bonchev–Trinajstić information content (AvgIpc) is 2.58. The van der Waals surface area contributed by atoms with Crippen LogP contribution in [-0.4, -0.2) is 46.7 Å². The lowest BCUT2D eigenvalue weighted by atomic mass is 10.1. The van der Waals surface area contributed by atoms with Gasteiger partial charge in [-0.25, -0.2) is 0 Å². The Kier molecular flexibility index (Phi) is 2.96. The maximum atomic E-state index is 12.3. The highest BCUT2D eigenvalue weighted by atomic mass is 16.2. The number of aromatic amines is 1. The van der Waals surface area contributed by atoms with E-state index in [-0.39, 0.29) is 5.91 Å². The summed E-state index contributed by atoms with van der Waals surface area (Å²) in [5, 5.41) is 10.2. The second kappa shape index (κ2) is 4.25. The van der Waals surface area contributed by atoms with E-state index in [1.807, 2.05) is 18.7 Å². The summed E-state index contributed by atoms with van der Waals surface area (Å²) in [5.74, 6) is 0.0945. The number of H-pyrrole nitrogens is 1. The average molecular weight is 222 g/mol. The van der Waals surface area contributed by atoms with Gasteiger partial charge in [-0.2, -0.15) is 5.10 Å². The third kappa shape index (κ3) is 1.95. The highest BCUT2D eigenvalue weighted by Crippen LogP contribution is 2.13. The van der Waals surface area contributed by atoms with Crippen molar-refractivity contribution >= 4 is 5.91 Å². The van der Waals surface area contributed by atoms with Gasteiger partial charge >= 0.3 is 0 Å². The van der Waals surface area contributed by atoms with Crippen molar-refractivity contribution in [2.45, 2.75) is 26.8 Å². The Morgan fingerprint density at radius 1 is 1.50 bits per heavy atom. The molecule has 0 aromatic carbocycles. The van der Waals surface area contributed by atoms with Crippen LogP contribution in [0.15, 0.2) is 0 Å². The number of carbonyl (C=O) groups excluding carboxylic acids is 1. The number of hydrogen-bond acceptors (Lipinski definition) is 3. The van der Waals surface area contributed by atoms with Crippen molar-refractivity contribution in [2.75, 3.05) is 19.6 Å². The Balaban J connectivity index is 2.18. The maximum Gasteiger partial charge on any atom is 0.257 e. The number of aryl methyl sites for hydroxylation is 2. The highest BCUT2D eigenvalue weighted by Gasteiger charge is 2.25. The van der Waals surface area contributed by atoms with E-state index < -0.39 is 0 Å². The fourth-order valence-electron chi connectivity index (χ4n) is 2.14. The van der Waals surface area contributed by atoms with Gasteiger partial charge in [0.1, 0.15) is 0 Å². The summed E-state index contributed by atoms with van der Waals surface area (Å²) in [6, 6.07) is 0.366. The Hall–Kier alpha value is -1.36. The third-order valence-electron chi connectivity index (χ3n) is 3.00. The maximum absolute atomic E-state index is 12.3. The molecular formula is C11H18N4O. The molecule has 1 aromatic heterocycles. The molecule has 5 nitrogen and oxygen atoms in total. The monoisotopic (exact) mass is 222 g/mol. The fourth-order valence-corrected chi connectivity index (χ4v) is 2.14. The first kappa shape index (κ1) is 11.1. The van der Waals surface area contributed by atoms with Crippen LogP contribution in [0.3, 0.4) is 0 Å². The zero-order valence-corrected chi connectivity index (χ0v) is 10.0. The molecule has 0 aliphatic carbocycles. The molecule has 1 saturated heterocycles. The summed E-state index contributed by atoms with van der Waals surface area (Å²) >= 11 is 0. The number of rotatable bonds is 1. The van der Waals surface area contributed by atoms with Gasteiger partial charge < -0.3 is 10.2 Å². The third-order valence-corrected chi connectivity index (χ3v) is 3.00. The van der Waals surface area contributed by atoms with Gasteiger partial charge in [-0.3, -0.25) is 9.89 Å². The van der Waals surface area contributed by atoms with E-state index in [1.165, 1.54) is 0 Å². The molecule has 2 heterocycles. The van der Waals surface area contributed by atoms with Gasteiger partial charge in [-0.05, 0) is 20.8 Å². The molecule has 16 heavy (non-hydrogen) atoms. The van der Waals surface area contributed by atoms with Gasteiger partial charge in [0.15, 0.2) is 0 Å². The van der Waals surface area contributed by atoms with Crippen LogP contribution in [-0.2, 0) is 0 Å². The summed E-state index contributed by atoms with van der Waals surface area (Å²) in [6.07, 6.45) is 0. The number of nitrogens with one attached hydrogen (secondary N) is 2. The quantitative estimate of drug-likeness (QED) is 0.725. The van der Waals surface area contributed by atoms with Crippen LogP contribution in [0.1, 0.15) is 28.7 Å². The molecule has 0 saturated carbocycles. The van der Waals surface area contributed by atoms with Crippen molar-refractivity contribution in [2.24, 2.45) is 0 Å². The van der Waals surface area contributed by atoms with Crippen molar-refractivity contribution in [3.63, 3.8) is 0 Å². The topological polar surface area (TPSA) is 61.0 Å². The first-order valence-corrected chi connectivity index (χ1v) is 5.64. The van der Waals surface area contributed by atoms with E-state index in [4.69, 9.17) is 0 Å². The van der Waals surface area contributed by atoms with E-state index in [0.717, 1.165) is 36.6 Å². The van der Waals surface area contributed by atoms with Gasteiger partial charge in [0.25, 0.3) is 5.91 Å². The summed E-state index contributed by atoms with van der Waals surface area (Å²) < 4.78 is 0. The summed E-state index contributed by atoms with van der Waals surface area (Å²) in [7, 11) is 0. The molecule has 1 atom stereocenters. The second-order valence-corrected chi connectivity index (χ2v) is 4.42. The zero-order valence-electron chi connectivity index (χ0n) is 10.0. The van der Waals surface area contributed by atoms with Crippen molar-refractivity contribution in [1.29, 1.82) is 0 Å². The van der Waals surface area contributed by atoms with Gasteiger partial charge in [0, 0.05) is 31.4 Å². The number of nitrogens with zero attached hydrogens (tertiary/aromatic N) is 2. The number of hydrogen-bond donors (Lipinski definition) is 2. The molecular weight excluding hydrogens is 204 g/mol. The predicted octanol–water partition coefficient (Wildman–Crippen LogP) is 0.460. The number of amides is 1.